The van der Waals surface area contributed by atoms with E-state index in [-0.39, 0.29) is 0 Å². The van der Waals surface area contributed by atoms with Gasteiger partial charge in [0.1, 0.15) is 17.0 Å². The van der Waals surface area contributed by atoms with Crippen LogP contribution in [-0.4, -0.2) is 32.9 Å². The Labute approximate surface area is 166 Å². The maximum absolute atomic E-state index is 5.47. The molecule has 28 heavy (non-hydrogen) atoms. The third kappa shape index (κ3) is 2.95. The number of hydrogen-bond donors (Lipinski definition) is 1. The van der Waals surface area contributed by atoms with E-state index in [0.29, 0.717) is 12.7 Å². The van der Waals surface area contributed by atoms with Crippen LogP contribution in [0.25, 0.3) is 16.2 Å². The molecule has 0 spiro atoms. The number of nitrogens with zero attached hydrogens (tertiary/aromatic N) is 4. The summed E-state index contributed by atoms with van der Waals surface area (Å²) in [5.74, 6) is 3.10. The van der Waals surface area contributed by atoms with E-state index in [2.05, 4.69) is 30.2 Å². The highest BCUT2D eigenvalue weighted by Crippen LogP contribution is 2.34. The van der Waals surface area contributed by atoms with Crippen LogP contribution >= 0.6 is 11.3 Å². The predicted molar refractivity (Wildman–Crippen MR) is 109 cm³/mol. The van der Waals surface area contributed by atoms with E-state index in [4.69, 9.17) is 19.4 Å². The van der Waals surface area contributed by atoms with Gasteiger partial charge in [0, 0.05) is 23.8 Å². The maximum Gasteiger partial charge on any atom is 0.238 e. The minimum absolute atomic E-state index is 0.295. The molecule has 1 aliphatic heterocycles. The summed E-state index contributed by atoms with van der Waals surface area (Å²) in [6.45, 7) is 5.29. The van der Waals surface area contributed by atoms with Gasteiger partial charge in [-0.2, -0.15) is 4.98 Å². The van der Waals surface area contributed by atoms with Gasteiger partial charge in [-0.15, -0.1) is 11.3 Å². The fourth-order valence-electron chi connectivity index (χ4n) is 3.28. The molecule has 8 heteroatoms. The second-order valence-electron chi connectivity index (χ2n) is 6.67. The summed E-state index contributed by atoms with van der Waals surface area (Å²) in [5.41, 5.74) is 2.41. The zero-order valence-electron chi connectivity index (χ0n) is 15.6. The monoisotopic (exact) mass is 393 g/mol. The molecule has 1 aromatic carbocycles. The van der Waals surface area contributed by atoms with E-state index < -0.39 is 0 Å². The predicted octanol–water partition coefficient (Wildman–Crippen LogP) is 3.88. The number of anilines is 1. The molecule has 7 nitrogen and oxygen atoms in total. The average Bonchev–Trinajstić information content (AvgIpc) is 3.43. The molecule has 1 N–H and O–H groups in total. The van der Waals surface area contributed by atoms with Gasteiger partial charge in [0.25, 0.3) is 0 Å². The van der Waals surface area contributed by atoms with E-state index in [1.165, 1.54) is 16.0 Å². The van der Waals surface area contributed by atoms with Gasteiger partial charge in [0.05, 0.1) is 5.39 Å². The van der Waals surface area contributed by atoms with E-state index >= 15 is 0 Å². The first kappa shape index (κ1) is 17.0. The standard InChI is InChI=1S/C20H19N5O2S/c1-12-13(2)28-19-17(12)18(23-20(24-19)25-8-7-21-10-25)22-6-5-14-3-4-15-16(9-14)27-11-26-15/h3-4,7-10H,5-6,11H2,1-2H3,(H,22,23,24). The van der Waals surface area contributed by atoms with Gasteiger partial charge in [0.15, 0.2) is 11.5 Å². The van der Waals surface area contributed by atoms with E-state index in [1.54, 1.807) is 23.9 Å². The van der Waals surface area contributed by atoms with Crippen LogP contribution in [0.3, 0.4) is 0 Å². The summed E-state index contributed by atoms with van der Waals surface area (Å²) in [5, 5.41) is 4.60. The van der Waals surface area contributed by atoms with Crippen LogP contribution < -0.4 is 14.8 Å². The van der Waals surface area contributed by atoms with Crippen LogP contribution in [0.1, 0.15) is 16.0 Å². The highest BCUT2D eigenvalue weighted by Gasteiger charge is 2.16. The van der Waals surface area contributed by atoms with Crippen molar-refractivity contribution < 1.29 is 9.47 Å². The molecule has 142 valence electrons. The van der Waals surface area contributed by atoms with E-state index in [9.17, 15) is 0 Å². The van der Waals surface area contributed by atoms with Crippen molar-refractivity contribution in [2.75, 3.05) is 18.7 Å². The van der Waals surface area contributed by atoms with E-state index in [0.717, 1.165) is 40.5 Å². The molecule has 0 aliphatic carbocycles. The lowest BCUT2D eigenvalue weighted by molar-refractivity contribution is 0.174. The number of benzene rings is 1. The van der Waals surface area contributed by atoms with Gasteiger partial charge >= 0.3 is 0 Å². The molecule has 3 aromatic heterocycles. The van der Waals surface area contributed by atoms with Crippen molar-refractivity contribution in [3.8, 4) is 17.4 Å². The van der Waals surface area contributed by atoms with Gasteiger partial charge in [-0.25, -0.2) is 9.97 Å². The number of aromatic nitrogens is 4. The summed E-state index contributed by atoms with van der Waals surface area (Å²) >= 11 is 1.69. The lowest BCUT2D eigenvalue weighted by atomic mass is 10.1. The summed E-state index contributed by atoms with van der Waals surface area (Å²) in [7, 11) is 0. The van der Waals surface area contributed by atoms with Crippen molar-refractivity contribution in [3.63, 3.8) is 0 Å². The van der Waals surface area contributed by atoms with Gasteiger partial charge in [-0.1, -0.05) is 6.07 Å². The van der Waals surface area contributed by atoms with Crippen molar-refractivity contribution >= 4 is 27.4 Å². The van der Waals surface area contributed by atoms with E-state index in [1.807, 2.05) is 22.9 Å². The van der Waals surface area contributed by atoms with Crippen molar-refractivity contribution in [2.24, 2.45) is 0 Å². The maximum atomic E-state index is 5.47. The number of imidazole rings is 1. The molecule has 0 unspecified atom stereocenters. The number of fused-ring (bicyclic) bond motifs is 2. The summed E-state index contributed by atoms with van der Waals surface area (Å²) in [6.07, 6.45) is 6.14. The third-order valence-electron chi connectivity index (χ3n) is 4.90. The lowest BCUT2D eigenvalue weighted by Crippen LogP contribution is -2.09. The molecule has 4 aromatic rings. The first-order valence-electron chi connectivity index (χ1n) is 9.07. The Kier molecular flexibility index (Phi) is 4.12. The number of nitrogens with one attached hydrogen (secondary N) is 1. The van der Waals surface area contributed by atoms with Crippen molar-refractivity contribution in [3.05, 3.63) is 52.9 Å². The Bertz CT molecular complexity index is 1150. The van der Waals surface area contributed by atoms with Crippen LogP contribution in [-0.2, 0) is 6.42 Å². The molecule has 0 fully saturated rings. The highest BCUT2D eigenvalue weighted by atomic mass is 32.1. The fourth-order valence-corrected chi connectivity index (χ4v) is 4.31. The van der Waals surface area contributed by atoms with Crippen molar-refractivity contribution in [2.45, 2.75) is 20.3 Å². The second-order valence-corrected chi connectivity index (χ2v) is 7.87. The minimum atomic E-state index is 0.295. The SMILES string of the molecule is Cc1sc2nc(-n3ccnc3)nc(NCCc3ccc4c(c3)OCO4)c2c1C. The van der Waals surface area contributed by atoms with Crippen LogP contribution in [0.4, 0.5) is 5.82 Å². The highest BCUT2D eigenvalue weighted by molar-refractivity contribution is 7.18. The molecular formula is C20H19N5O2S. The molecule has 0 saturated heterocycles. The largest absolute Gasteiger partial charge is 0.454 e. The Morgan fingerprint density at radius 3 is 2.93 bits per heavy atom. The molecule has 0 amide bonds. The number of ether oxygens (including phenoxy) is 2. The average molecular weight is 393 g/mol. The van der Waals surface area contributed by atoms with Gasteiger partial charge < -0.3 is 14.8 Å². The van der Waals surface area contributed by atoms with Gasteiger partial charge in [0.2, 0.25) is 12.7 Å². The smallest absolute Gasteiger partial charge is 0.238 e. The topological polar surface area (TPSA) is 74.1 Å². The Morgan fingerprint density at radius 1 is 1.18 bits per heavy atom. The van der Waals surface area contributed by atoms with Gasteiger partial charge in [-0.3, -0.25) is 4.57 Å². The zero-order valence-corrected chi connectivity index (χ0v) is 16.4. The Balaban J connectivity index is 1.42. The molecule has 0 atom stereocenters. The van der Waals surface area contributed by atoms with Crippen LogP contribution in [0.15, 0.2) is 36.9 Å². The molecule has 0 radical (unpaired) electrons. The number of aryl methyl sites for hydroxylation is 2. The molecule has 1 aliphatic rings. The van der Waals surface area contributed by atoms with Crippen LogP contribution in [0.2, 0.25) is 0 Å². The summed E-state index contributed by atoms with van der Waals surface area (Å²) < 4.78 is 12.7. The lowest BCUT2D eigenvalue weighted by Gasteiger charge is -2.10. The first-order chi connectivity index (χ1) is 13.7. The third-order valence-corrected chi connectivity index (χ3v) is 6.00. The number of rotatable bonds is 5. The second kappa shape index (κ2) is 6.79. The summed E-state index contributed by atoms with van der Waals surface area (Å²) in [6, 6.07) is 6.07. The number of thiophene rings is 1. The van der Waals surface area contributed by atoms with Crippen LogP contribution in [0.5, 0.6) is 11.5 Å². The quantitative estimate of drug-likeness (QED) is 0.555. The Morgan fingerprint density at radius 2 is 2.07 bits per heavy atom. The molecule has 4 heterocycles. The molecule has 0 bridgehead atoms. The van der Waals surface area contributed by atoms with Crippen molar-refractivity contribution in [1.82, 2.24) is 19.5 Å². The molecular weight excluding hydrogens is 374 g/mol. The fraction of sp³-hybridized carbons (Fsp3) is 0.250. The summed E-state index contributed by atoms with van der Waals surface area (Å²) in [4.78, 5) is 15.8. The zero-order chi connectivity index (χ0) is 19.1. The normalized spacial score (nSPS) is 12.6. The Hall–Kier alpha value is -3.13. The molecule has 5 rings (SSSR count). The minimum Gasteiger partial charge on any atom is -0.454 e. The van der Waals surface area contributed by atoms with Gasteiger partial charge in [-0.05, 0) is 43.5 Å². The van der Waals surface area contributed by atoms with Crippen LogP contribution in [0, 0.1) is 13.8 Å². The molecule has 0 saturated carbocycles. The number of hydrogen-bond acceptors (Lipinski definition) is 7. The van der Waals surface area contributed by atoms with Crippen molar-refractivity contribution in [1.29, 1.82) is 0 Å². The first-order valence-corrected chi connectivity index (χ1v) is 9.89.